The molecule has 0 amide bonds. The molecule has 0 aliphatic heterocycles. The van der Waals surface area contributed by atoms with Gasteiger partial charge in [-0.25, -0.2) is 0 Å². The summed E-state index contributed by atoms with van der Waals surface area (Å²) >= 11 is 6.83. The monoisotopic (exact) mass is 345 g/mol. The number of rotatable bonds is 1. The van der Waals surface area contributed by atoms with E-state index in [2.05, 4.69) is 36.8 Å². The van der Waals surface area contributed by atoms with Gasteiger partial charge in [0.2, 0.25) is 0 Å². The van der Waals surface area contributed by atoms with Gasteiger partial charge < -0.3 is 16.2 Å². The first-order chi connectivity index (χ1) is 7.56. The van der Waals surface area contributed by atoms with Crippen LogP contribution in [0.15, 0.2) is 21.2 Å². The molecule has 0 spiro atoms. The van der Waals surface area contributed by atoms with Crippen LogP contribution >= 0.6 is 31.9 Å². The predicted molar refractivity (Wildman–Crippen MR) is 72.5 cm³/mol. The number of hydrogen-bond donors (Lipinski definition) is 2. The van der Waals surface area contributed by atoms with Gasteiger partial charge in [0.1, 0.15) is 5.75 Å². The highest BCUT2D eigenvalue weighted by Crippen LogP contribution is 2.41. The maximum absolute atomic E-state index is 5.95. The average molecular weight is 347 g/mol. The highest BCUT2D eigenvalue weighted by Gasteiger charge is 2.15. The molecule has 1 aromatic heterocycles. The number of nitrogens with two attached hydrogens (primary N) is 2. The summed E-state index contributed by atoms with van der Waals surface area (Å²) in [4.78, 5) is 4.24. The Bertz CT molecular complexity index is 572. The van der Waals surface area contributed by atoms with Crippen LogP contribution in [0.5, 0.6) is 5.75 Å². The lowest BCUT2D eigenvalue weighted by Crippen LogP contribution is -1.99. The summed E-state index contributed by atoms with van der Waals surface area (Å²) in [6.45, 7) is 0. The summed E-state index contributed by atoms with van der Waals surface area (Å²) in [5.74, 6) is 0.635. The molecule has 1 heterocycles. The number of fused-ring (bicyclic) bond motifs is 1. The quantitative estimate of drug-likeness (QED) is 0.832. The third kappa shape index (κ3) is 1.62. The number of nitrogen functional groups attached to an aromatic ring is 2. The summed E-state index contributed by atoms with van der Waals surface area (Å²) < 4.78 is 6.94. The van der Waals surface area contributed by atoms with E-state index in [4.69, 9.17) is 16.2 Å². The topological polar surface area (TPSA) is 74.2 Å². The number of anilines is 2. The normalized spacial score (nSPS) is 10.7. The van der Waals surface area contributed by atoms with Crippen molar-refractivity contribution in [1.29, 1.82) is 0 Å². The SMILES string of the molecule is COc1c(Br)cc(Br)c2ncc(N)c(N)c12. The maximum Gasteiger partial charge on any atom is 0.144 e. The molecule has 2 rings (SSSR count). The van der Waals surface area contributed by atoms with Crippen LogP contribution in [0.4, 0.5) is 11.4 Å². The van der Waals surface area contributed by atoms with Crippen LogP contribution < -0.4 is 16.2 Å². The van der Waals surface area contributed by atoms with Crippen molar-refractivity contribution in [1.82, 2.24) is 4.98 Å². The zero-order chi connectivity index (χ0) is 11.9. The van der Waals surface area contributed by atoms with E-state index in [0.29, 0.717) is 22.5 Å². The first kappa shape index (κ1) is 11.5. The van der Waals surface area contributed by atoms with E-state index in [9.17, 15) is 0 Å². The van der Waals surface area contributed by atoms with Gasteiger partial charge in [-0.2, -0.15) is 0 Å². The first-order valence-corrected chi connectivity index (χ1v) is 6.00. The fourth-order valence-electron chi connectivity index (χ4n) is 1.52. The van der Waals surface area contributed by atoms with Crippen LogP contribution in [0.3, 0.4) is 0 Å². The van der Waals surface area contributed by atoms with Gasteiger partial charge in [-0.1, -0.05) is 0 Å². The molecule has 0 saturated carbocycles. The first-order valence-electron chi connectivity index (χ1n) is 4.42. The van der Waals surface area contributed by atoms with Crippen LogP contribution in [0, 0.1) is 0 Å². The lowest BCUT2D eigenvalue weighted by Gasteiger charge is -2.12. The van der Waals surface area contributed by atoms with Crippen molar-refractivity contribution in [3.05, 3.63) is 21.2 Å². The van der Waals surface area contributed by atoms with Gasteiger partial charge in [0, 0.05) is 4.47 Å². The highest BCUT2D eigenvalue weighted by atomic mass is 79.9. The Morgan fingerprint density at radius 2 is 1.94 bits per heavy atom. The molecular formula is C10H9Br2N3O. The number of halogens is 2. The molecular weight excluding hydrogens is 338 g/mol. The number of nitrogens with zero attached hydrogens (tertiary/aromatic N) is 1. The molecule has 0 unspecified atom stereocenters. The lowest BCUT2D eigenvalue weighted by atomic mass is 10.1. The number of pyridine rings is 1. The van der Waals surface area contributed by atoms with Crippen LogP contribution in [-0.2, 0) is 0 Å². The summed E-state index contributed by atoms with van der Waals surface area (Å²) in [6.07, 6.45) is 1.54. The van der Waals surface area contributed by atoms with E-state index < -0.39 is 0 Å². The molecule has 0 aliphatic carbocycles. The van der Waals surface area contributed by atoms with Crippen LogP contribution in [0.2, 0.25) is 0 Å². The largest absolute Gasteiger partial charge is 0.495 e. The molecule has 4 nitrogen and oxygen atoms in total. The maximum atomic E-state index is 5.95. The van der Waals surface area contributed by atoms with E-state index in [-0.39, 0.29) is 0 Å². The van der Waals surface area contributed by atoms with Crippen molar-refractivity contribution < 1.29 is 4.74 Å². The number of hydrogen-bond acceptors (Lipinski definition) is 4. The summed E-state index contributed by atoms with van der Waals surface area (Å²) in [5, 5.41) is 0.712. The second-order valence-electron chi connectivity index (χ2n) is 3.22. The molecule has 0 fully saturated rings. The van der Waals surface area contributed by atoms with Gasteiger partial charge in [-0.05, 0) is 37.9 Å². The fourth-order valence-corrected chi connectivity index (χ4v) is 2.94. The van der Waals surface area contributed by atoms with Gasteiger partial charge in [-0.3, -0.25) is 4.98 Å². The highest BCUT2D eigenvalue weighted by molar-refractivity contribution is 9.11. The number of methoxy groups -OCH3 is 1. The molecule has 0 saturated heterocycles. The number of ether oxygens (including phenoxy) is 1. The summed E-state index contributed by atoms with van der Waals surface area (Å²) in [5.41, 5.74) is 13.3. The minimum absolute atomic E-state index is 0.441. The van der Waals surface area contributed by atoms with Crippen molar-refractivity contribution in [2.75, 3.05) is 18.6 Å². The van der Waals surface area contributed by atoms with Crippen LogP contribution in [0.1, 0.15) is 0 Å². The van der Waals surface area contributed by atoms with Gasteiger partial charge in [0.25, 0.3) is 0 Å². The molecule has 84 valence electrons. The second-order valence-corrected chi connectivity index (χ2v) is 4.93. The molecule has 16 heavy (non-hydrogen) atoms. The van der Waals surface area contributed by atoms with Gasteiger partial charge in [0.15, 0.2) is 0 Å². The summed E-state index contributed by atoms with van der Waals surface area (Å²) in [6, 6.07) is 1.86. The summed E-state index contributed by atoms with van der Waals surface area (Å²) in [7, 11) is 1.58. The minimum atomic E-state index is 0.441. The Balaban J connectivity index is 3.01. The van der Waals surface area contributed by atoms with Crippen molar-refractivity contribution in [2.24, 2.45) is 0 Å². The Morgan fingerprint density at radius 3 is 2.56 bits per heavy atom. The third-order valence-corrected chi connectivity index (χ3v) is 3.47. The molecule has 0 aliphatic rings. The van der Waals surface area contributed by atoms with E-state index in [1.807, 2.05) is 6.07 Å². The molecule has 0 bridgehead atoms. The molecule has 4 N–H and O–H groups in total. The number of benzene rings is 1. The Morgan fingerprint density at radius 1 is 1.25 bits per heavy atom. The third-order valence-electron chi connectivity index (χ3n) is 2.28. The molecule has 0 radical (unpaired) electrons. The lowest BCUT2D eigenvalue weighted by molar-refractivity contribution is 0.417. The minimum Gasteiger partial charge on any atom is -0.495 e. The van der Waals surface area contributed by atoms with E-state index in [1.54, 1.807) is 7.11 Å². The fraction of sp³-hybridized carbons (Fsp3) is 0.100. The number of aromatic nitrogens is 1. The Hall–Kier alpha value is -1.01. The van der Waals surface area contributed by atoms with Crippen LogP contribution in [0.25, 0.3) is 10.9 Å². The Kier molecular flexibility index (Phi) is 2.94. The van der Waals surface area contributed by atoms with E-state index in [0.717, 1.165) is 14.5 Å². The van der Waals surface area contributed by atoms with Crippen molar-refractivity contribution in [2.45, 2.75) is 0 Å². The molecule has 6 heteroatoms. The zero-order valence-electron chi connectivity index (χ0n) is 8.42. The van der Waals surface area contributed by atoms with Gasteiger partial charge >= 0.3 is 0 Å². The van der Waals surface area contributed by atoms with E-state index in [1.165, 1.54) is 6.20 Å². The predicted octanol–water partition coefficient (Wildman–Crippen LogP) is 2.93. The zero-order valence-corrected chi connectivity index (χ0v) is 11.6. The van der Waals surface area contributed by atoms with E-state index >= 15 is 0 Å². The average Bonchev–Trinajstić information content (AvgIpc) is 2.24. The smallest absolute Gasteiger partial charge is 0.144 e. The molecule has 1 aromatic carbocycles. The molecule has 2 aromatic rings. The van der Waals surface area contributed by atoms with Crippen molar-refractivity contribution in [3.8, 4) is 5.75 Å². The standard InChI is InChI=1S/C10H9Br2N3O/c1-16-10-5(12)2-4(11)9-7(10)8(14)6(13)3-15-9/h2-3H,13H2,1H3,(H2,14,15). The molecule has 0 atom stereocenters. The second kappa shape index (κ2) is 4.10. The van der Waals surface area contributed by atoms with Gasteiger partial charge in [0.05, 0.1) is 40.1 Å². The van der Waals surface area contributed by atoms with Crippen molar-refractivity contribution in [3.63, 3.8) is 0 Å². The Labute approximate surface area is 109 Å². The van der Waals surface area contributed by atoms with Crippen LogP contribution in [-0.4, -0.2) is 12.1 Å². The van der Waals surface area contributed by atoms with Gasteiger partial charge in [-0.15, -0.1) is 0 Å². The van der Waals surface area contributed by atoms with Crippen molar-refractivity contribution >= 4 is 54.1 Å².